The number of anilines is 1. The first-order valence-electron chi connectivity index (χ1n) is 10.2. The predicted molar refractivity (Wildman–Crippen MR) is 120 cm³/mol. The summed E-state index contributed by atoms with van der Waals surface area (Å²) in [6, 6.07) is 10.9. The Hall–Kier alpha value is -3.11. The number of carbonyl (C=O) groups is 2. The summed E-state index contributed by atoms with van der Waals surface area (Å²) in [5.74, 6) is 0.319. The highest BCUT2D eigenvalue weighted by Gasteiger charge is 2.26. The fraction of sp³-hybridized carbons (Fsp3) is 0.364. The minimum Gasteiger partial charge on any atom is -0.497 e. The Morgan fingerprint density at radius 1 is 0.969 bits per heavy atom. The van der Waals surface area contributed by atoms with Gasteiger partial charge >= 0.3 is 0 Å². The Morgan fingerprint density at radius 2 is 1.56 bits per heavy atom. The van der Waals surface area contributed by atoms with Gasteiger partial charge in [-0.2, -0.15) is 4.31 Å². The van der Waals surface area contributed by atoms with Crippen molar-refractivity contribution in [2.24, 2.45) is 0 Å². The van der Waals surface area contributed by atoms with E-state index in [0.29, 0.717) is 35.8 Å². The molecule has 1 aliphatic heterocycles. The van der Waals surface area contributed by atoms with Gasteiger partial charge in [-0.3, -0.25) is 9.59 Å². The summed E-state index contributed by atoms with van der Waals surface area (Å²) >= 11 is 0. The van der Waals surface area contributed by atoms with Crippen molar-refractivity contribution in [2.45, 2.75) is 24.2 Å². The quantitative estimate of drug-likeness (QED) is 0.592. The highest BCUT2D eigenvalue weighted by Crippen LogP contribution is 2.23. The molecule has 0 aliphatic carbocycles. The molecule has 0 saturated carbocycles. The molecule has 0 atom stereocenters. The first-order chi connectivity index (χ1) is 15.3. The Bertz CT molecular complexity index is 1040. The smallest absolute Gasteiger partial charge is 0.251 e. The first kappa shape index (κ1) is 23.6. The van der Waals surface area contributed by atoms with Gasteiger partial charge in [-0.1, -0.05) is 0 Å². The zero-order chi connectivity index (χ0) is 23.1. The minimum absolute atomic E-state index is 0.0562. The minimum atomic E-state index is -3.49. The van der Waals surface area contributed by atoms with Gasteiger partial charge < -0.3 is 20.1 Å². The van der Waals surface area contributed by atoms with Crippen LogP contribution in [-0.4, -0.2) is 58.4 Å². The standard InChI is InChI=1S/C22H27N3O6S/c1-30-18-13-16(14-19(15-18)31-2)22(27)23-10-9-21(26)24-17-5-7-20(8-6-17)32(28,29)25-11-3-4-12-25/h5-8,13-15H,3-4,9-12H2,1-2H3,(H,23,27)(H,24,26). The van der Waals surface area contributed by atoms with Gasteiger partial charge in [0.1, 0.15) is 11.5 Å². The van der Waals surface area contributed by atoms with Crippen molar-refractivity contribution in [3.05, 3.63) is 48.0 Å². The van der Waals surface area contributed by atoms with Crippen LogP contribution in [-0.2, 0) is 14.8 Å². The molecule has 0 unspecified atom stereocenters. The fourth-order valence-electron chi connectivity index (χ4n) is 3.34. The summed E-state index contributed by atoms with van der Waals surface area (Å²) < 4.78 is 36.9. The van der Waals surface area contributed by atoms with Gasteiger partial charge in [-0.15, -0.1) is 0 Å². The van der Waals surface area contributed by atoms with Gasteiger partial charge in [0.2, 0.25) is 15.9 Å². The van der Waals surface area contributed by atoms with Crippen LogP contribution in [0.4, 0.5) is 5.69 Å². The van der Waals surface area contributed by atoms with Gasteiger partial charge in [0.15, 0.2) is 0 Å². The average Bonchev–Trinajstić information content (AvgIpc) is 3.35. The van der Waals surface area contributed by atoms with E-state index in [2.05, 4.69) is 10.6 Å². The summed E-state index contributed by atoms with van der Waals surface area (Å²) in [5, 5.41) is 5.38. The lowest BCUT2D eigenvalue weighted by Crippen LogP contribution is -2.28. The summed E-state index contributed by atoms with van der Waals surface area (Å²) in [5.41, 5.74) is 0.843. The maximum Gasteiger partial charge on any atom is 0.251 e. The van der Waals surface area contributed by atoms with E-state index in [9.17, 15) is 18.0 Å². The van der Waals surface area contributed by atoms with Gasteiger partial charge in [0.25, 0.3) is 5.91 Å². The molecule has 0 aromatic heterocycles. The van der Waals surface area contributed by atoms with Crippen molar-refractivity contribution in [1.82, 2.24) is 9.62 Å². The maximum absolute atomic E-state index is 12.6. The number of nitrogens with one attached hydrogen (secondary N) is 2. The number of hydrogen-bond acceptors (Lipinski definition) is 6. The van der Waals surface area contributed by atoms with Crippen LogP contribution in [0.2, 0.25) is 0 Å². The van der Waals surface area contributed by atoms with Crippen LogP contribution in [0.5, 0.6) is 11.5 Å². The molecular weight excluding hydrogens is 434 g/mol. The van der Waals surface area contributed by atoms with Gasteiger partial charge in [0.05, 0.1) is 19.1 Å². The summed E-state index contributed by atoms with van der Waals surface area (Å²) in [4.78, 5) is 24.7. The van der Waals surface area contributed by atoms with E-state index in [0.717, 1.165) is 12.8 Å². The lowest BCUT2D eigenvalue weighted by atomic mass is 10.2. The van der Waals surface area contributed by atoms with Crippen LogP contribution in [0, 0.1) is 0 Å². The topological polar surface area (TPSA) is 114 Å². The second-order valence-electron chi connectivity index (χ2n) is 7.29. The number of carbonyl (C=O) groups excluding carboxylic acids is 2. The van der Waals surface area contributed by atoms with Crippen LogP contribution >= 0.6 is 0 Å². The van der Waals surface area contributed by atoms with E-state index < -0.39 is 10.0 Å². The Morgan fingerprint density at radius 3 is 2.12 bits per heavy atom. The number of amides is 2. The van der Waals surface area contributed by atoms with E-state index in [-0.39, 0.29) is 29.7 Å². The van der Waals surface area contributed by atoms with Crippen molar-refractivity contribution < 1.29 is 27.5 Å². The molecular formula is C22H27N3O6S. The molecule has 9 nitrogen and oxygen atoms in total. The number of nitrogens with zero attached hydrogens (tertiary/aromatic N) is 1. The van der Waals surface area contributed by atoms with Crippen LogP contribution in [0.15, 0.2) is 47.4 Å². The van der Waals surface area contributed by atoms with Crippen molar-refractivity contribution in [3.8, 4) is 11.5 Å². The van der Waals surface area contributed by atoms with Crippen LogP contribution in [0.3, 0.4) is 0 Å². The molecule has 1 aliphatic rings. The average molecular weight is 462 g/mol. The number of hydrogen-bond donors (Lipinski definition) is 2. The van der Waals surface area contributed by atoms with E-state index in [4.69, 9.17) is 9.47 Å². The molecule has 32 heavy (non-hydrogen) atoms. The molecule has 172 valence electrons. The molecule has 0 spiro atoms. The number of methoxy groups -OCH3 is 2. The molecule has 2 amide bonds. The highest BCUT2D eigenvalue weighted by atomic mass is 32.2. The summed E-state index contributed by atoms with van der Waals surface area (Å²) in [7, 11) is -0.498. The highest BCUT2D eigenvalue weighted by molar-refractivity contribution is 7.89. The molecule has 10 heteroatoms. The molecule has 1 saturated heterocycles. The molecule has 1 heterocycles. The van der Waals surface area contributed by atoms with Crippen molar-refractivity contribution in [1.29, 1.82) is 0 Å². The monoisotopic (exact) mass is 461 g/mol. The third-order valence-corrected chi connectivity index (χ3v) is 7.01. The second-order valence-corrected chi connectivity index (χ2v) is 9.23. The zero-order valence-electron chi connectivity index (χ0n) is 18.1. The lowest BCUT2D eigenvalue weighted by molar-refractivity contribution is -0.116. The second kappa shape index (κ2) is 10.5. The number of ether oxygens (including phenoxy) is 2. The van der Waals surface area contributed by atoms with E-state index in [1.54, 1.807) is 30.3 Å². The van der Waals surface area contributed by atoms with E-state index in [1.165, 1.54) is 30.7 Å². The number of benzene rings is 2. The molecule has 0 bridgehead atoms. The third kappa shape index (κ3) is 5.77. The largest absolute Gasteiger partial charge is 0.497 e. The lowest BCUT2D eigenvalue weighted by Gasteiger charge is -2.15. The van der Waals surface area contributed by atoms with Gasteiger partial charge in [0, 0.05) is 43.4 Å². The van der Waals surface area contributed by atoms with Crippen molar-refractivity contribution in [2.75, 3.05) is 39.2 Å². The molecule has 0 radical (unpaired) electrons. The van der Waals surface area contributed by atoms with Crippen molar-refractivity contribution in [3.63, 3.8) is 0 Å². The van der Waals surface area contributed by atoms with Crippen LogP contribution in [0.25, 0.3) is 0 Å². The summed E-state index contributed by atoms with van der Waals surface area (Å²) in [6.45, 7) is 1.20. The molecule has 2 aromatic carbocycles. The fourth-order valence-corrected chi connectivity index (χ4v) is 4.86. The maximum atomic E-state index is 12.6. The Kier molecular flexibility index (Phi) is 7.70. The Balaban J connectivity index is 1.50. The first-order valence-corrected chi connectivity index (χ1v) is 11.7. The predicted octanol–water partition coefficient (Wildman–Crippen LogP) is 2.25. The molecule has 2 N–H and O–H groups in total. The van der Waals surface area contributed by atoms with Crippen molar-refractivity contribution >= 4 is 27.5 Å². The van der Waals surface area contributed by atoms with E-state index >= 15 is 0 Å². The third-order valence-electron chi connectivity index (χ3n) is 5.09. The van der Waals surface area contributed by atoms with Crippen LogP contribution in [0.1, 0.15) is 29.6 Å². The SMILES string of the molecule is COc1cc(OC)cc(C(=O)NCCC(=O)Nc2ccc(S(=O)(=O)N3CCCC3)cc2)c1. The van der Waals surface area contributed by atoms with E-state index in [1.807, 2.05) is 0 Å². The van der Waals surface area contributed by atoms with Crippen LogP contribution < -0.4 is 20.1 Å². The zero-order valence-corrected chi connectivity index (χ0v) is 18.9. The number of rotatable bonds is 9. The molecule has 3 rings (SSSR count). The summed E-state index contributed by atoms with van der Waals surface area (Å²) in [6.07, 6.45) is 1.80. The normalized spacial score (nSPS) is 14.1. The Labute approximate surface area is 187 Å². The van der Waals surface area contributed by atoms with Gasteiger partial charge in [-0.05, 0) is 49.2 Å². The molecule has 2 aromatic rings. The van der Waals surface area contributed by atoms with Gasteiger partial charge in [-0.25, -0.2) is 8.42 Å². The number of sulfonamides is 1. The molecule has 1 fully saturated rings.